The quantitative estimate of drug-likeness (QED) is 0.581. The largest absolute Gasteiger partial charge is 0.459 e. The second-order valence-electron chi connectivity index (χ2n) is 5.65. The first-order chi connectivity index (χ1) is 11.5. The second-order valence-corrected chi connectivity index (χ2v) is 5.65. The van der Waals surface area contributed by atoms with Gasteiger partial charge in [-0.1, -0.05) is 0 Å². The van der Waals surface area contributed by atoms with E-state index in [0.717, 1.165) is 5.52 Å². The normalized spacial score (nSPS) is 11.0. The Hall–Kier alpha value is -3.02. The van der Waals surface area contributed by atoms with Gasteiger partial charge in [-0.2, -0.15) is 0 Å². The molecule has 0 aliphatic carbocycles. The SMILES string of the molecule is Cc1[nH]c2ccc(OC(=O)c3ccco3)cc2c1C(=O)OC(C)C. The fourth-order valence-electron chi connectivity index (χ4n) is 2.46. The lowest BCUT2D eigenvalue weighted by molar-refractivity contribution is 0.0379. The number of carbonyl (C=O) groups is 2. The van der Waals surface area contributed by atoms with E-state index >= 15 is 0 Å². The number of rotatable bonds is 4. The van der Waals surface area contributed by atoms with E-state index in [9.17, 15) is 9.59 Å². The molecule has 6 heteroatoms. The standard InChI is InChI=1S/C18H17NO5/c1-10(2)23-18(21)16-11(3)19-14-7-6-12(9-13(14)16)24-17(20)15-5-4-8-22-15/h4-10,19H,1-3H3. The minimum atomic E-state index is -0.599. The highest BCUT2D eigenvalue weighted by Gasteiger charge is 2.20. The van der Waals surface area contributed by atoms with Gasteiger partial charge >= 0.3 is 11.9 Å². The lowest BCUT2D eigenvalue weighted by atomic mass is 10.1. The molecule has 0 amide bonds. The Balaban J connectivity index is 1.95. The zero-order chi connectivity index (χ0) is 17.3. The van der Waals surface area contributed by atoms with Crippen molar-refractivity contribution in [1.29, 1.82) is 0 Å². The van der Waals surface area contributed by atoms with Crippen LogP contribution in [0.2, 0.25) is 0 Å². The summed E-state index contributed by atoms with van der Waals surface area (Å²) in [6, 6.07) is 8.16. The lowest BCUT2D eigenvalue weighted by Gasteiger charge is -2.08. The molecule has 0 atom stereocenters. The van der Waals surface area contributed by atoms with Gasteiger partial charge in [0.1, 0.15) is 5.75 Å². The smallest absolute Gasteiger partial charge is 0.379 e. The van der Waals surface area contributed by atoms with Crippen molar-refractivity contribution >= 4 is 22.8 Å². The fourth-order valence-corrected chi connectivity index (χ4v) is 2.46. The summed E-state index contributed by atoms with van der Waals surface area (Å²) in [4.78, 5) is 27.4. The summed E-state index contributed by atoms with van der Waals surface area (Å²) in [6.07, 6.45) is 1.18. The van der Waals surface area contributed by atoms with Crippen molar-refractivity contribution in [2.75, 3.05) is 0 Å². The Kier molecular flexibility index (Phi) is 4.12. The molecule has 0 saturated carbocycles. The highest BCUT2D eigenvalue weighted by Crippen LogP contribution is 2.27. The van der Waals surface area contributed by atoms with E-state index in [1.165, 1.54) is 12.3 Å². The summed E-state index contributed by atoms with van der Waals surface area (Å²) in [5.74, 6) is -0.581. The van der Waals surface area contributed by atoms with Crippen LogP contribution in [0.3, 0.4) is 0 Å². The van der Waals surface area contributed by atoms with Crippen LogP contribution < -0.4 is 4.74 Å². The van der Waals surface area contributed by atoms with Crippen LogP contribution in [0.4, 0.5) is 0 Å². The molecule has 0 saturated heterocycles. The van der Waals surface area contributed by atoms with Gasteiger partial charge in [0.2, 0.25) is 5.76 Å². The minimum absolute atomic E-state index is 0.111. The minimum Gasteiger partial charge on any atom is -0.459 e. The third-order valence-corrected chi connectivity index (χ3v) is 3.44. The van der Waals surface area contributed by atoms with Crippen molar-refractivity contribution in [2.45, 2.75) is 26.9 Å². The van der Waals surface area contributed by atoms with E-state index in [1.807, 2.05) is 0 Å². The molecule has 124 valence electrons. The maximum atomic E-state index is 12.3. The number of hydrogen-bond acceptors (Lipinski definition) is 5. The van der Waals surface area contributed by atoms with Gasteiger partial charge in [-0.15, -0.1) is 0 Å². The van der Waals surface area contributed by atoms with Crippen molar-refractivity contribution in [2.24, 2.45) is 0 Å². The second kappa shape index (κ2) is 6.23. The Bertz CT molecular complexity index is 890. The molecule has 1 N–H and O–H groups in total. The van der Waals surface area contributed by atoms with Gasteiger partial charge in [0.15, 0.2) is 0 Å². The van der Waals surface area contributed by atoms with E-state index in [0.29, 0.717) is 22.4 Å². The number of aryl methyl sites for hydroxylation is 1. The molecule has 0 fully saturated rings. The Morgan fingerprint density at radius 2 is 1.96 bits per heavy atom. The molecule has 3 aromatic rings. The van der Waals surface area contributed by atoms with Crippen molar-refractivity contribution in [1.82, 2.24) is 4.98 Å². The summed E-state index contributed by atoms with van der Waals surface area (Å²) in [6.45, 7) is 5.38. The molecule has 0 aliphatic rings. The van der Waals surface area contributed by atoms with Gasteiger partial charge in [0, 0.05) is 16.6 Å². The first-order valence-corrected chi connectivity index (χ1v) is 7.54. The van der Waals surface area contributed by atoms with Crippen LogP contribution in [-0.4, -0.2) is 23.0 Å². The number of benzene rings is 1. The van der Waals surface area contributed by atoms with Crippen LogP contribution in [-0.2, 0) is 4.74 Å². The van der Waals surface area contributed by atoms with E-state index < -0.39 is 11.9 Å². The number of ether oxygens (including phenoxy) is 2. The molecule has 2 heterocycles. The summed E-state index contributed by atoms with van der Waals surface area (Å²) >= 11 is 0. The van der Waals surface area contributed by atoms with Crippen molar-refractivity contribution in [3.05, 3.63) is 53.6 Å². The number of H-pyrrole nitrogens is 1. The average Bonchev–Trinajstić information content (AvgIpc) is 3.12. The third-order valence-electron chi connectivity index (χ3n) is 3.44. The molecular formula is C18H17NO5. The molecule has 3 rings (SSSR count). The van der Waals surface area contributed by atoms with Crippen LogP contribution in [0.5, 0.6) is 5.75 Å². The lowest BCUT2D eigenvalue weighted by Crippen LogP contribution is -2.12. The van der Waals surface area contributed by atoms with Gasteiger partial charge in [-0.3, -0.25) is 0 Å². The summed E-state index contributed by atoms with van der Waals surface area (Å²) in [7, 11) is 0. The number of aromatic nitrogens is 1. The zero-order valence-corrected chi connectivity index (χ0v) is 13.6. The maximum absolute atomic E-state index is 12.3. The van der Waals surface area contributed by atoms with Crippen molar-refractivity contribution in [3.63, 3.8) is 0 Å². The van der Waals surface area contributed by atoms with E-state index in [4.69, 9.17) is 13.9 Å². The number of furan rings is 1. The van der Waals surface area contributed by atoms with Crippen molar-refractivity contribution in [3.8, 4) is 5.75 Å². The van der Waals surface area contributed by atoms with Gasteiger partial charge < -0.3 is 18.9 Å². The molecule has 0 aliphatic heterocycles. The van der Waals surface area contributed by atoms with Crippen LogP contribution in [0.15, 0.2) is 41.0 Å². The number of esters is 2. The highest BCUT2D eigenvalue weighted by atomic mass is 16.5. The van der Waals surface area contributed by atoms with Gasteiger partial charge in [-0.05, 0) is 51.1 Å². The number of aromatic amines is 1. The first kappa shape index (κ1) is 15.9. The van der Waals surface area contributed by atoms with Gasteiger partial charge in [-0.25, -0.2) is 9.59 Å². The Labute approximate surface area is 138 Å². The zero-order valence-electron chi connectivity index (χ0n) is 13.6. The molecular weight excluding hydrogens is 310 g/mol. The number of fused-ring (bicyclic) bond motifs is 1. The van der Waals surface area contributed by atoms with E-state index in [2.05, 4.69) is 4.98 Å². The predicted octanol–water partition coefficient (Wildman–Crippen LogP) is 3.85. The number of hydrogen-bond donors (Lipinski definition) is 1. The molecule has 6 nitrogen and oxygen atoms in total. The Morgan fingerprint density at radius 3 is 2.62 bits per heavy atom. The topological polar surface area (TPSA) is 81.5 Å². The average molecular weight is 327 g/mol. The van der Waals surface area contributed by atoms with E-state index in [1.54, 1.807) is 45.0 Å². The summed E-state index contributed by atoms with van der Waals surface area (Å²) < 4.78 is 15.6. The first-order valence-electron chi connectivity index (χ1n) is 7.54. The van der Waals surface area contributed by atoms with Crippen LogP contribution in [0, 0.1) is 6.92 Å². The molecule has 0 spiro atoms. The molecule has 24 heavy (non-hydrogen) atoms. The molecule has 0 radical (unpaired) electrons. The van der Waals surface area contributed by atoms with Gasteiger partial charge in [0.25, 0.3) is 0 Å². The van der Waals surface area contributed by atoms with E-state index in [-0.39, 0.29) is 11.9 Å². The van der Waals surface area contributed by atoms with Crippen LogP contribution >= 0.6 is 0 Å². The summed E-state index contributed by atoms with van der Waals surface area (Å²) in [5.41, 5.74) is 1.90. The third kappa shape index (κ3) is 3.03. The molecule has 1 aromatic carbocycles. The Morgan fingerprint density at radius 1 is 1.17 bits per heavy atom. The van der Waals surface area contributed by atoms with Crippen LogP contribution in [0.25, 0.3) is 10.9 Å². The maximum Gasteiger partial charge on any atom is 0.379 e. The fraction of sp³-hybridized carbons (Fsp3) is 0.222. The monoisotopic (exact) mass is 327 g/mol. The molecule has 2 aromatic heterocycles. The molecule has 0 bridgehead atoms. The highest BCUT2D eigenvalue weighted by molar-refractivity contribution is 6.06. The number of nitrogens with one attached hydrogen (secondary N) is 1. The van der Waals surface area contributed by atoms with Crippen LogP contribution in [0.1, 0.15) is 40.5 Å². The number of carbonyl (C=O) groups excluding carboxylic acids is 2. The molecule has 0 unspecified atom stereocenters. The van der Waals surface area contributed by atoms with Crippen molar-refractivity contribution < 1.29 is 23.5 Å². The van der Waals surface area contributed by atoms with Gasteiger partial charge in [0.05, 0.1) is 17.9 Å². The summed E-state index contributed by atoms with van der Waals surface area (Å²) in [5, 5.41) is 0.642. The predicted molar refractivity (Wildman–Crippen MR) is 87.3 cm³/mol.